The number of nitrogens with zero attached hydrogens (tertiary/aromatic N) is 1. The fourth-order valence-electron chi connectivity index (χ4n) is 3.12. The molecule has 6 heteroatoms. The van der Waals surface area contributed by atoms with Crippen molar-refractivity contribution in [2.24, 2.45) is 5.92 Å². The molecular formula is C15H18F2N2O2. The molecule has 2 aliphatic heterocycles. The minimum Gasteiger partial charge on any atom is -0.381 e. The third-order valence-corrected chi connectivity index (χ3v) is 4.36. The molecule has 0 radical (unpaired) electrons. The number of amides is 1. The molecule has 3 unspecified atom stereocenters. The lowest BCUT2D eigenvalue weighted by molar-refractivity contribution is -0.131. The van der Waals surface area contributed by atoms with Crippen molar-refractivity contribution in [1.82, 2.24) is 10.2 Å². The summed E-state index contributed by atoms with van der Waals surface area (Å²) in [6.07, 6.45) is 0.345. The van der Waals surface area contributed by atoms with E-state index in [1.165, 1.54) is 12.1 Å². The number of carbonyl (C=O) groups is 1. The highest BCUT2D eigenvalue weighted by Gasteiger charge is 2.39. The third-order valence-electron chi connectivity index (χ3n) is 4.36. The highest BCUT2D eigenvalue weighted by molar-refractivity contribution is 5.81. The van der Waals surface area contributed by atoms with Crippen molar-refractivity contribution in [1.29, 1.82) is 0 Å². The standard InChI is InChI=1S/C15H18F2N2O2/c1-9(10-4-5-21-8-10)19-14(20)7-18-15(19)12-3-2-11(16)6-13(12)17/h2-3,6,9-10,15,18H,4-5,7-8H2,1H3. The Hall–Kier alpha value is -1.53. The zero-order chi connectivity index (χ0) is 15.0. The Labute approximate surface area is 122 Å². The Kier molecular flexibility index (Phi) is 3.91. The summed E-state index contributed by atoms with van der Waals surface area (Å²) in [5, 5.41) is 3.01. The molecule has 1 N–H and O–H groups in total. The van der Waals surface area contributed by atoms with E-state index in [0.29, 0.717) is 18.8 Å². The second-order valence-electron chi connectivity index (χ2n) is 5.61. The fourth-order valence-corrected chi connectivity index (χ4v) is 3.12. The van der Waals surface area contributed by atoms with Gasteiger partial charge in [-0.05, 0) is 25.5 Å². The van der Waals surface area contributed by atoms with Crippen molar-refractivity contribution in [3.8, 4) is 0 Å². The largest absolute Gasteiger partial charge is 0.381 e. The lowest BCUT2D eigenvalue weighted by Crippen LogP contribution is -2.42. The van der Waals surface area contributed by atoms with E-state index in [4.69, 9.17) is 4.74 Å². The van der Waals surface area contributed by atoms with Crippen molar-refractivity contribution in [2.75, 3.05) is 19.8 Å². The normalized spacial score (nSPS) is 27.4. The van der Waals surface area contributed by atoms with E-state index < -0.39 is 17.8 Å². The SMILES string of the molecule is CC(C1CCOC1)N1C(=O)CNC1c1ccc(F)cc1F. The molecule has 2 saturated heterocycles. The van der Waals surface area contributed by atoms with Crippen molar-refractivity contribution in [3.63, 3.8) is 0 Å². The highest BCUT2D eigenvalue weighted by Crippen LogP contribution is 2.31. The van der Waals surface area contributed by atoms with Crippen LogP contribution in [0.25, 0.3) is 0 Å². The number of benzene rings is 1. The summed E-state index contributed by atoms with van der Waals surface area (Å²) in [7, 11) is 0. The topological polar surface area (TPSA) is 41.6 Å². The van der Waals surface area contributed by atoms with Crippen LogP contribution in [-0.4, -0.2) is 36.6 Å². The maximum Gasteiger partial charge on any atom is 0.238 e. The monoisotopic (exact) mass is 296 g/mol. The maximum atomic E-state index is 14.0. The molecule has 1 aromatic rings. The van der Waals surface area contributed by atoms with Gasteiger partial charge in [0.25, 0.3) is 0 Å². The molecule has 0 spiro atoms. The van der Waals surface area contributed by atoms with Crippen molar-refractivity contribution in [3.05, 3.63) is 35.4 Å². The predicted octanol–water partition coefficient (Wildman–Crippen LogP) is 1.82. The van der Waals surface area contributed by atoms with E-state index in [0.717, 1.165) is 12.5 Å². The summed E-state index contributed by atoms with van der Waals surface area (Å²) >= 11 is 0. The number of ether oxygens (including phenoxy) is 1. The summed E-state index contributed by atoms with van der Waals surface area (Å²) in [6, 6.07) is 3.40. The molecule has 1 amide bonds. The molecule has 0 aromatic heterocycles. The van der Waals surface area contributed by atoms with E-state index in [2.05, 4.69) is 5.32 Å². The zero-order valence-corrected chi connectivity index (χ0v) is 11.8. The first-order chi connectivity index (χ1) is 10.1. The van der Waals surface area contributed by atoms with Gasteiger partial charge in [0.1, 0.15) is 17.8 Å². The molecule has 21 heavy (non-hydrogen) atoms. The van der Waals surface area contributed by atoms with Gasteiger partial charge in [0.15, 0.2) is 0 Å². The Balaban J connectivity index is 1.88. The number of rotatable bonds is 3. The van der Waals surface area contributed by atoms with E-state index >= 15 is 0 Å². The van der Waals surface area contributed by atoms with Crippen LogP contribution in [-0.2, 0) is 9.53 Å². The molecule has 2 fully saturated rings. The van der Waals surface area contributed by atoms with Crippen LogP contribution in [0.2, 0.25) is 0 Å². The van der Waals surface area contributed by atoms with Crippen LogP contribution in [0.15, 0.2) is 18.2 Å². The number of nitrogens with one attached hydrogen (secondary N) is 1. The lowest BCUT2D eigenvalue weighted by atomic mass is 9.98. The van der Waals surface area contributed by atoms with Gasteiger partial charge in [0.2, 0.25) is 5.91 Å². The molecule has 0 saturated carbocycles. The quantitative estimate of drug-likeness (QED) is 0.925. The average molecular weight is 296 g/mol. The average Bonchev–Trinajstić information content (AvgIpc) is 3.08. The second kappa shape index (κ2) is 5.69. The van der Waals surface area contributed by atoms with E-state index in [9.17, 15) is 13.6 Å². The zero-order valence-electron chi connectivity index (χ0n) is 11.8. The van der Waals surface area contributed by atoms with Crippen LogP contribution in [0.1, 0.15) is 25.1 Å². The molecule has 4 nitrogen and oxygen atoms in total. The first-order valence-electron chi connectivity index (χ1n) is 7.15. The molecule has 2 aliphatic rings. The maximum absolute atomic E-state index is 14.0. The van der Waals surface area contributed by atoms with Crippen LogP contribution < -0.4 is 5.32 Å². The molecule has 1 aromatic carbocycles. The number of carbonyl (C=O) groups excluding carboxylic acids is 1. The summed E-state index contributed by atoms with van der Waals surface area (Å²) in [6.45, 7) is 3.43. The van der Waals surface area contributed by atoms with Gasteiger partial charge in [-0.1, -0.05) is 0 Å². The van der Waals surface area contributed by atoms with E-state index in [-0.39, 0.29) is 24.4 Å². The Bertz CT molecular complexity index is 546. The summed E-state index contributed by atoms with van der Waals surface area (Å²) in [4.78, 5) is 13.8. The molecule has 3 atom stereocenters. The number of halogens is 2. The molecule has 2 heterocycles. The minimum atomic E-state index is -0.637. The molecular weight excluding hydrogens is 278 g/mol. The Morgan fingerprint density at radius 2 is 2.24 bits per heavy atom. The summed E-state index contributed by atoms with van der Waals surface area (Å²) in [5.74, 6) is -1.07. The van der Waals surface area contributed by atoms with Crippen LogP contribution in [0.3, 0.4) is 0 Å². The fraction of sp³-hybridized carbons (Fsp3) is 0.533. The van der Waals surface area contributed by atoms with Crippen molar-refractivity contribution >= 4 is 5.91 Å². The van der Waals surface area contributed by atoms with Crippen LogP contribution in [0.5, 0.6) is 0 Å². The van der Waals surface area contributed by atoms with Gasteiger partial charge in [-0.2, -0.15) is 0 Å². The lowest BCUT2D eigenvalue weighted by Gasteiger charge is -2.33. The summed E-state index contributed by atoms with van der Waals surface area (Å²) < 4.78 is 32.4. The predicted molar refractivity (Wildman–Crippen MR) is 72.3 cm³/mol. The second-order valence-corrected chi connectivity index (χ2v) is 5.61. The smallest absolute Gasteiger partial charge is 0.238 e. The molecule has 0 aliphatic carbocycles. The van der Waals surface area contributed by atoms with Gasteiger partial charge < -0.3 is 9.64 Å². The van der Waals surface area contributed by atoms with E-state index in [1.807, 2.05) is 6.92 Å². The van der Waals surface area contributed by atoms with E-state index in [1.54, 1.807) is 4.90 Å². The van der Waals surface area contributed by atoms with Crippen LogP contribution in [0.4, 0.5) is 8.78 Å². The molecule has 114 valence electrons. The van der Waals surface area contributed by atoms with Gasteiger partial charge >= 0.3 is 0 Å². The summed E-state index contributed by atoms with van der Waals surface area (Å²) in [5.41, 5.74) is 0.299. The highest BCUT2D eigenvalue weighted by atomic mass is 19.1. The van der Waals surface area contributed by atoms with Gasteiger partial charge in [0.05, 0.1) is 13.2 Å². The van der Waals surface area contributed by atoms with Gasteiger partial charge in [-0.15, -0.1) is 0 Å². The minimum absolute atomic E-state index is 0.0514. The van der Waals surface area contributed by atoms with Crippen molar-refractivity contribution in [2.45, 2.75) is 25.6 Å². The van der Waals surface area contributed by atoms with Crippen LogP contribution in [0, 0.1) is 17.6 Å². The molecule has 0 bridgehead atoms. The number of hydrogen-bond acceptors (Lipinski definition) is 3. The Morgan fingerprint density at radius 1 is 1.43 bits per heavy atom. The molecule has 3 rings (SSSR count). The third kappa shape index (κ3) is 2.65. The van der Waals surface area contributed by atoms with Gasteiger partial charge in [-0.25, -0.2) is 8.78 Å². The van der Waals surface area contributed by atoms with Gasteiger partial charge in [-0.3, -0.25) is 10.1 Å². The Morgan fingerprint density at radius 3 is 2.90 bits per heavy atom. The number of hydrogen-bond donors (Lipinski definition) is 1. The first-order valence-corrected chi connectivity index (χ1v) is 7.15. The van der Waals surface area contributed by atoms with Crippen molar-refractivity contribution < 1.29 is 18.3 Å². The van der Waals surface area contributed by atoms with Crippen LogP contribution >= 0.6 is 0 Å². The first kappa shape index (κ1) is 14.4. The van der Waals surface area contributed by atoms with Gasteiger partial charge in [0, 0.05) is 30.2 Å².